The molecule has 1 heterocycles. The fraction of sp³-hybridized carbons (Fsp3) is 0.588. The molecule has 1 aliphatic carbocycles. The highest BCUT2D eigenvalue weighted by atomic mass is 16.6. The van der Waals surface area contributed by atoms with Crippen molar-refractivity contribution in [1.82, 2.24) is 4.90 Å². The van der Waals surface area contributed by atoms with E-state index in [9.17, 15) is 14.9 Å². The van der Waals surface area contributed by atoms with Crippen molar-refractivity contribution in [2.45, 2.75) is 37.8 Å². The molecular weight excluding hydrogens is 326 g/mol. The first-order valence-electron chi connectivity index (χ1n) is 8.56. The predicted molar refractivity (Wildman–Crippen MR) is 91.8 cm³/mol. The topological polar surface area (TPSA) is 93.9 Å². The van der Waals surface area contributed by atoms with Gasteiger partial charge in [-0.3, -0.25) is 19.8 Å². The minimum Gasteiger partial charge on any atom is -0.496 e. The Morgan fingerprint density at radius 2 is 2.24 bits per heavy atom. The molecule has 8 heteroatoms. The second-order valence-electron chi connectivity index (χ2n) is 6.42. The highest BCUT2D eigenvalue weighted by molar-refractivity contribution is 5.94. The molecule has 0 spiro atoms. The molecule has 25 heavy (non-hydrogen) atoms. The Labute approximate surface area is 146 Å². The van der Waals surface area contributed by atoms with Crippen molar-refractivity contribution in [2.24, 2.45) is 0 Å². The van der Waals surface area contributed by atoms with Crippen molar-refractivity contribution in [2.75, 3.05) is 32.1 Å². The summed E-state index contributed by atoms with van der Waals surface area (Å²) in [4.78, 5) is 25.3. The van der Waals surface area contributed by atoms with Gasteiger partial charge in [-0.1, -0.05) is 12.8 Å². The number of anilines is 1. The highest BCUT2D eigenvalue weighted by Gasteiger charge is 2.35. The zero-order valence-electron chi connectivity index (χ0n) is 14.3. The van der Waals surface area contributed by atoms with Gasteiger partial charge in [0.05, 0.1) is 37.4 Å². The molecule has 1 aromatic rings. The third-order valence-electron chi connectivity index (χ3n) is 4.87. The van der Waals surface area contributed by atoms with Crippen LogP contribution in [0.3, 0.4) is 0 Å². The van der Waals surface area contributed by atoms with Crippen LogP contribution in [0.2, 0.25) is 0 Å². The molecule has 8 nitrogen and oxygen atoms in total. The standard InChI is InChI=1S/C17H23N3O5/c1-24-12-6-7-13(15(10-12)20(22)23)18-17(21)11-19-8-9-25-16-5-3-2-4-14(16)19/h6-7,10,14,16H,2-5,8-9,11H2,1H3,(H,18,21)/t14-,16+/m0/s1. The molecule has 3 rings (SSSR count). The van der Waals surface area contributed by atoms with Gasteiger partial charge in [-0.05, 0) is 25.0 Å². The lowest BCUT2D eigenvalue weighted by atomic mass is 9.90. The Morgan fingerprint density at radius 1 is 1.44 bits per heavy atom. The number of benzene rings is 1. The van der Waals surface area contributed by atoms with Crippen LogP contribution in [0.5, 0.6) is 5.75 Å². The number of hydrogen-bond acceptors (Lipinski definition) is 6. The van der Waals surface area contributed by atoms with Gasteiger partial charge in [0.15, 0.2) is 0 Å². The van der Waals surface area contributed by atoms with Crippen LogP contribution in [-0.4, -0.2) is 54.7 Å². The molecule has 2 aliphatic rings. The molecule has 0 unspecified atom stereocenters. The van der Waals surface area contributed by atoms with E-state index >= 15 is 0 Å². The van der Waals surface area contributed by atoms with Crippen LogP contribution in [0, 0.1) is 10.1 Å². The van der Waals surface area contributed by atoms with Crippen molar-refractivity contribution >= 4 is 17.3 Å². The SMILES string of the molecule is COc1ccc(NC(=O)CN2CCO[C@@H]3CCCC[C@@H]32)c([N+](=O)[O-])c1. The Balaban J connectivity index is 1.67. The van der Waals surface area contributed by atoms with Gasteiger partial charge >= 0.3 is 0 Å². The molecule has 2 fully saturated rings. The number of nitrogens with zero attached hydrogens (tertiary/aromatic N) is 2. The number of hydrogen-bond donors (Lipinski definition) is 1. The van der Waals surface area contributed by atoms with E-state index in [1.807, 2.05) is 0 Å². The van der Waals surface area contributed by atoms with Crippen LogP contribution in [0.15, 0.2) is 18.2 Å². The molecule has 1 saturated heterocycles. The number of carbonyl (C=O) groups is 1. The third-order valence-corrected chi connectivity index (χ3v) is 4.87. The lowest BCUT2D eigenvalue weighted by Gasteiger charge is -2.43. The lowest BCUT2D eigenvalue weighted by molar-refractivity contribution is -0.384. The van der Waals surface area contributed by atoms with Crippen molar-refractivity contribution in [3.05, 3.63) is 28.3 Å². The molecule has 2 atom stereocenters. The highest BCUT2D eigenvalue weighted by Crippen LogP contribution is 2.30. The van der Waals surface area contributed by atoms with Crippen molar-refractivity contribution in [3.8, 4) is 5.75 Å². The maximum Gasteiger partial charge on any atom is 0.296 e. The van der Waals surface area contributed by atoms with E-state index in [0.29, 0.717) is 18.9 Å². The van der Waals surface area contributed by atoms with Gasteiger partial charge in [0.2, 0.25) is 5.91 Å². The Bertz CT molecular complexity index is 649. The van der Waals surface area contributed by atoms with Crippen LogP contribution in [0.25, 0.3) is 0 Å². The Hall–Kier alpha value is -2.19. The van der Waals surface area contributed by atoms with E-state index in [0.717, 1.165) is 19.3 Å². The van der Waals surface area contributed by atoms with E-state index < -0.39 is 4.92 Å². The van der Waals surface area contributed by atoms with E-state index in [1.54, 1.807) is 6.07 Å². The van der Waals surface area contributed by atoms with Gasteiger partial charge < -0.3 is 14.8 Å². The monoisotopic (exact) mass is 349 g/mol. The molecule has 1 amide bonds. The predicted octanol–water partition coefficient (Wildman–Crippen LogP) is 2.19. The summed E-state index contributed by atoms with van der Waals surface area (Å²) in [6.45, 7) is 1.55. The van der Waals surface area contributed by atoms with Crippen molar-refractivity contribution < 1.29 is 19.2 Å². The van der Waals surface area contributed by atoms with E-state index in [1.165, 1.54) is 25.7 Å². The summed E-state index contributed by atoms with van der Waals surface area (Å²) in [6, 6.07) is 4.66. The minimum absolute atomic E-state index is 0.176. The summed E-state index contributed by atoms with van der Waals surface area (Å²) < 4.78 is 10.8. The summed E-state index contributed by atoms with van der Waals surface area (Å²) in [7, 11) is 1.44. The maximum absolute atomic E-state index is 12.4. The second-order valence-corrected chi connectivity index (χ2v) is 6.42. The molecule has 0 bridgehead atoms. The van der Waals surface area contributed by atoms with Crippen LogP contribution in [-0.2, 0) is 9.53 Å². The molecule has 1 aromatic carbocycles. The first-order valence-corrected chi connectivity index (χ1v) is 8.56. The van der Waals surface area contributed by atoms with Crippen LogP contribution < -0.4 is 10.1 Å². The molecule has 0 radical (unpaired) electrons. The number of nitro benzene ring substituents is 1. The normalized spacial score (nSPS) is 23.6. The quantitative estimate of drug-likeness (QED) is 0.647. The Morgan fingerprint density at radius 3 is 3.00 bits per heavy atom. The number of ether oxygens (including phenoxy) is 2. The lowest BCUT2D eigenvalue weighted by Crippen LogP contribution is -2.54. The molecule has 1 N–H and O–H groups in total. The van der Waals surface area contributed by atoms with Crippen LogP contribution in [0.1, 0.15) is 25.7 Å². The van der Waals surface area contributed by atoms with Crippen molar-refractivity contribution in [3.63, 3.8) is 0 Å². The number of nitrogens with one attached hydrogen (secondary N) is 1. The molecule has 136 valence electrons. The van der Waals surface area contributed by atoms with E-state index in [2.05, 4.69) is 10.2 Å². The average Bonchev–Trinajstić information content (AvgIpc) is 2.62. The average molecular weight is 349 g/mol. The number of amides is 1. The molecular formula is C17H23N3O5. The fourth-order valence-corrected chi connectivity index (χ4v) is 3.64. The zero-order valence-corrected chi connectivity index (χ0v) is 14.3. The smallest absolute Gasteiger partial charge is 0.296 e. The number of carbonyl (C=O) groups excluding carboxylic acids is 1. The largest absolute Gasteiger partial charge is 0.496 e. The molecule has 1 saturated carbocycles. The second kappa shape index (κ2) is 7.79. The van der Waals surface area contributed by atoms with Crippen LogP contribution in [0.4, 0.5) is 11.4 Å². The molecule has 0 aromatic heterocycles. The summed E-state index contributed by atoms with van der Waals surface area (Å²) in [6.07, 6.45) is 4.57. The summed E-state index contributed by atoms with van der Waals surface area (Å²) in [5.74, 6) is 0.127. The number of morpholine rings is 1. The van der Waals surface area contributed by atoms with Gasteiger partial charge in [-0.25, -0.2) is 0 Å². The van der Waals surface area contributed by atoms with Crippen LogP contribution >= 0.6 is 0 Å². The first-order chi connectivity index (χ1) is 12.1. The van der Waals surface area contributed by atoms with Gasteiger partial charge in [-0.15, -0.1) is 0 Å². The minimum atomic E-state index is -0.524. The summed E-state index contributed by atoms with van der Waals surface area (Å²) in [5, 5.41) is 13.9. The van der Waals surface area contributed by atoms with Gasteiger partial charge in [0.25, 0.3) is 5.69 Å². The summed E-state index contributed by atoms with van der Waals surface area (Å²) >= 11 is 0. The molecule has 1 aliphatic heterocycles. The van der Waals surface area contributed by atoms with E-state index in [4.69, 9.17) is 9.47 Å². The zero-order chi connectivity index (χ0) is 17.8. The third kappa shape index (κ3) is 4.08. The summed E-state index contributed by atoms with van der Waals surface area (Å²) in [5.41, 5.74) is 0.00877. The van der Waals surface area contributed by atoms with Gasteiger partial charge in [0.1, 0.15) is 11.4 Å². The van der Waals surface area contributed by atoms with Gasteiger partial charge in [0, 0.05) is 12.6 Å². The maximum atomic E-state index is 12.4. The number of fused-ring (bicyclic) bond motifs is 1. The van der Waals surface area contributed by atoms with Gasteiger partial charge in [-0.2, -0.15) is 0 Å². The number of rotatable bonds is 5. The first kappa shape index (κ1) is 17.6. The number of nitro groups is 1. The van der Waals surface area contributed by atoms with Crippen molar-refractivity contribution in [1.29, 1.82) is 0 Å². The fourth-order valence-electron chi connectivity index (χ4n) is 3.64. The van der Waals surface area contributed by atoms with E-state index in [-0.39, 0.29) is 36.0 Å². The number of methoxy groups -OCH3 is 1. The Kier molecular flexibility index (Phi) is 5.50.